The summed E-state index contributed by atoms with van der Waals surface area (Å²) in [6, 6.07) is 2.70. The fourth-order valence-corrected chi connectivity index (χ4v) is 5.03. The highest BCUT2D eigenvalue weighted by atomic mass is 32.2. The van der Waals surface area contributed by atoms with E-state index in [-0.39, 0.29) is 18.4 Å². The van der Waals surface area contributed by atoms with Crippen LogP contribution in [0.5, 0.6) is 0 Å². The van der Waals surface area contributed by atoms with E-state index in [1.54, 1.807) is 0 Å². The van der Waals surface area contributed by atoms with Crippen LogP contribution >= 0.6 is 0 Å². The van der Waals surface area contributed by atoms with Gasteiger partial charge in [-0.25, -0.2) is 13.0 Å². The molecule has 1 aromatic rings. The van der Waals surface area contributed by atoms with Gasteiger partial charge in [-0.3, -0.25) is 9.59 Å². The highest BCUT2D eigenvalue weighted by molar-refractivity contribution is 7.87. The molecule has 2 bridgehead atoms. The molecule has 1 aromatic carbocycles. The molecule has 0 heterocycles. The first-order valence-electron chi connectivity index (χ1n) is 8.42. The van der Waals surface area contributed by atoms with Crippen LogP contribution in [-0.4, -0.2) is 31.1 Å². The highest BCUT2D eigenvalue weighted by Gasteiger charge is 2.71. The number of hydrogen-bond acceptors (Lipinski definition) is 5. The largest absolute Gasteiger partial charge is 0.523 e. The Balaban J connectivity index is 2.07. The number of benzene rings is 1. The van der Waals surface area contributed by atoms with Gasteiger partial charge in [0, 0.05) is 11.0 Å². The van der Waals surface area contributed by atoms with Gasteiger partial charge in [-0.05, 0) is 37.0 Å². The molecule has 158 valence electrons. The summed E-state index contributed by atoms with van der Waals surface area (Å²) < 4.78 is 93.7. The monoisotopic (exact) mass is 438 g/mol. The molecule has 0 spiro atoms. The maximum Gasteiger partial charge on any atom is 0.523 e. The lowest BCUT2D eigenvalue weighted by Gasteiger charge is -2.34. The van der Waals surface area contributed by atoms with Gasteiger partial charge in [-0.1, -0.05) is 19.9 Å². The number of allylic oxidation sites excluding steroid dienone is 1. The average Bonchev–Trinajstić information content (AvgIpc) is 2.88. The Morgan fingerprint density at radius 2 is 1.76 bits per heavy atom. The van der Waals surface area contributed by atoms with Crippen LogP contribution < -0.4 is 0 Å². The fraction of sp³-hybridized carbons (Fsp3) is 0.444. The van der Waals surface area contributed by atoms with Gasteiger partial charge in [0.2, 0.25) is 0 Å². The summed E-state index contributed by atoms with van der Waals surface area (Å²) in [5, 5.41) is 0. The predicted octanol–water partition coefficient (Wildman–Crippen LogP) is 3.70. The van der Waals surface area contributed by atoms with Gasteiger partial charge < -0.3 is 0 Å². The van der Waals surface area contributed by atoms with Crippen molar-refractivity contribution in [1.29, 1.82) is 0 Å². The number of fused-ring (bicyclic) bond motifs is 2. The quantitative estimate of drug-likeness (QED) is 0.236. The molecule has 3 rings (SSSR count). The van der Waals surface area contributed by atoms with E-state index in [2.05, 4.69) is 4.18 Å². The number of carbonyl (C=O) groups is 2. The molecule has 2 saturated carbocycles. The first-order chi connectivity index (χ1) is 13.2. The molecule has 0 aliphatic heterocycles. The average molecular weight is 438 g/mol. The van der Waals surface area contributed by atoms with Gasteiger partial charge in [0.05, 0.1) is 5.56 Å². The minimum absolute atomic E-state index is 0.0605. The first-order valence-corrected chi connectivity index (χ1v) is 9.83. The van der Waals surface area contributed by atoms with E-state index in [1.165, 1.54) is 13.8 Å². The lowest BCUT2D eigenvalue weighted by atomic mass is 9.78. The molecule has 0 N–H and O–H groups in total. The molecule has 2 aliphatic rings. The van der Waals surface area contributed by atoms with Crippen molar-refractivity contribution in [3.05, 3.63) is 47.0 Å². The molecule has 0 unspecified atom stereocenters. The highest BCUT2D eigenvalue weighted by Crippen LogP contribution is 2.63. The Bertz CT molecular complexity index is 1020. The minimum atomic E-state index is -6.10. The van der Waals surface area contributed by atoms with Crippen LogP contribution in [0.15, 0.2) is 29.8 Å². The molecule has 0 radical (unpaired) electrons. The molecule has 2 atom stereocenters. The lowest BCUT2D eigenvalue weighted by Crippen LogP contribution is -2.49. The second kappa shape index (κ2) is 6.43. The molecule has 5 nitrogen and oxygen atoms in total. The lowest BCUT2D eigenvalue weighted by molar-refractivity contribution is -0.136. The zero-order valence-corrected chi connectivity index (χ0v) is 16.0. The van der Waals surface area contributed by atoms with E-state index in [4.69, 9.17) is 0 Å². The third-order valence-electron chi connectivity index (χ3n) is 5.73. The maximum atomic E-state index is 13.8. The van der Waals surface area contributed by atoms with Gasteiger partial charge in [-0.2, -0.15) is 21.6 Å². The number of halogens is 5. The first kappa shape index (κ1) is 21.6. The fourth-order valence-electron chi connectivity index (χ4n) is 4.19. The molecule has 0 aromatic heterocycles. The Labute approximate surface area is 162 Å². The normalized spacial score (nSPS) is 27.6. The summed E-state index contributed by atoms with van der Waals surface area (Å²) in [6.07, 6.45) is 0.407. The zero-order valence-electron chi connectivity index (χ0n) is 15.1. The minimum Gasteiger partial charge on any atom is -0.291 e. The summed E-state index contributed by atoms with van der Waals surface area (Å²) in [5.74, 6) is -5.48. The summed E-state index contributed by atoms with van der Waals surface area (Å²) in [7, 11) is -6.10. The van der Waals surface area contributed by atoms with E-state index < -0.39 is 61.3 Å². The molecular formula is C18H15F5O5S. The molecule has 0 saturated heterocycles. The van der Waals surface area contributed by atoms with Crippen LogP contribution in [0.25, 0.3) is 0 Å². The van der Waals surface area contributed by atoms with Gasteiger partial charge in [0.25, 0.3) is 0 Å². The number of ketones is 2. The van der Waals surface area contributed by atoms with Gasteiger partial charge in [0.15, 0.2) is 17.2 Å². The molecule has 11 heteroatoms. The summed E-state index contributed by atoms with van der Waals surface area (Å²) >= 11 is 0. The van der Waals surface area contributed by atoms with Crippen LogP contribution in [0, 0.1) is 23.0 Å². The third kappa shape index (κ3) is 3.02. The maximum absolute atomic E-state index is 13.8. The number of rotatable bonds is 4. The van der Waals surface area contributed by atoms with Crippen LogP contribution in [0.1, 0.15) is 37.0 Å². The SMILES string of the molecule is CC1(C)[C@H]2CC[C@]1(OS(=O)(=O)C(F)(F)F)C(=O)/C2=C/C(=O)c1c(F)cccc1F. The van der Waals surface area contributed by atoms with Gasteiger partial charge >= 0.3 is 15.6 Å². The Morgan fingerprint density at radius 1 is 1.21 bits per heavy atom. The number of carbonyl (C=O) groups excluding carboxylic acids is 2. The van der Waals surface area contributed by atoms with E-state index in [0.717, 1.165) is 18.2 Å². The van der Waals surface area contributed by atoms with Crippen molar-refractivity contribution in [2.45, 2.75) is 37.8 Å². The van der Waals surface area contributed by atoms with E-state index in [0.29, 0.717) is 6.08 Å². The summed E-state index contributed by atoms with van der Waals surface area (Å²) in [6.45, 7) is 2.70. The van der Waals surface area contributed by atoms with Crippen molar-refractivity contribution in [2.24, 2.45) is 11.3 Å². The number of hydrogen-bond donors (Lipinski definition) is 0. The Kier molecular flexibility index (Phi) is 4.78. The van der Waals surface area contributed by atoms with Crippen molar-refractivity contribution < 1.29 is 44.1 Å². The van der Waals surface area contributed by atoms with E-state index >= 15 is 0 Å². The van der Waals surface area contributed by atoms with Crippen LogP contribution in [0.4, 0.5) is 22.0 Å². The van der Waals surface area contributed by atoms with E-state index in [1.807, 2.05) is 0 Å². The molecule has 0 amide bonds. The third-order valence-corrected chi connectivity index (χ3v) is 6.80. The number of Topliss-reactive ketones (excluding diaryl/α,β-unsaturated/α-hetero) is 1. The van der Waals surface area contributed by atoms with Crippen molar-refractivity contribution in [1.82, 2.24) is 0 Å². The Hall–Kier alpha value is -2.14. The molecule has 2 fully saturated rings. The van der Waals surface area contributed by atoms with E-state index in [9.17, 15) is 40.0 Å². The molecule has 29 heavy (non-hydrogen) atoms. The topological polar surface area (TPSA) is 77.5 Å². The summed E-state index contributed by atoms with van der Waals surface area (Å²) in [4.78, 5) is 25.3. The van der Waals surface area contributed by atoms with Crippen molar-refractivity contribution in [3.8, 4) is 0 Å². The zero-order chi connectivity index (χ0) is 22.0. The second-order valence-electron chi connectivity index (χ2n) is 7.51. The molecule has 2 aliphatic carbocycles. The smallest absolute Gasteiger partial charge is 0.291 e. The summed E-state index contributed by atoms with van der Waals surface area (Å²) in [5.41, 5.74) is -10.7. The molecular weight excluding hydrogens is 423 g/mol. The van der Waals surface area contributed by atoms with Crippen molar-refractivity contribution in [2.75, 3.05) is 0 Å². The van der Waals surface area contributed by atoms with Gasteiger partial charge in [0.1, 0.15) is 11.6 Å². The van der Waals surface area contributed by atoms with Crippen molar-refractivity contribution in [3.63, 3.8) is 0 Å². The predicted molar refractivity (Wildman–Crippen MR) is 89.1 cm³/mol. The van der Waals surface area contributed by atoms with Crippen LogP contribution in [0.3, 0.4) is 0 Å². The van der Waals surface area contributed by atoms with Gasteiger partial charge in [-0.15, -0.1) is 0 Å². The van der Waals surface area contributed by atoms with Crippen molar-refractivity contribution >= 4 is 21.7 Å². The number of alkyl halides is 3. The Morgan fingerprint density at radius 3 is 2.28 bits per heavy atom. The van der Waals surface area contributed by atoms with Crippen LogP contribution in [0.2, 0.25) is 0 Å². The second-order valence-corrected chi connectivity index (χ2v) is 9.05. The van der Waals surface area contributed by atoms with Crippen LogP contribution in [-0.2, 0) is 19.1 Å². The standard InChI is InChI=1S/C18H15F5O5S/c1-16(2)10-6-7-17(16,28-29(26,27)18(21,22)23)15(25)9(10)8-13(24)14-11(19)4-3-5-12(14)20/h3-5,8,10H,6-7H2,1-2H3/b9-8+/t10-,17-/m0/s1.